The number of amides is 1. The summed E-state index contributed by atoms with van der Waals surface area (Å²) in [5, 5.41) is 0. The van der Waals surface area contributed by atoms with E-state index < -0.39 is 0 Å². The minimum Gasteiger partial charge on any atom is -0.453 e. The standard InChI is InChI=1S/C13H19N3O2/c1-10-6-7-14-13(15-10)18-9-12(17)16-8-4-3-5-11(16)2/h6-7,11H,3-5,8-9H2,1-2H3/t11-/m0/s1. The number of hydrogen-bond donors (Lipinski definition) is 0. The number of ether oxygens (including phenoxy) is 1. The van der Waals surface area contributed by atoms with Gasteiger partial charge in [0.1, 0.15) is 0 Å². The van der Waals surface area contributed by atoms with Crippen LogP contribution in [-0.4, -0.2) is 40.0 Å². The molecule has 98 valence electrons. The first-order valence-corrected chi connectivity index (χ1v) is 6.39. The van der Waals surface area contributed by atoms with Gasteiger partial charge in [0, 0.05) is 24.5 Å². The third-order valence-electron chi connectivity index (χ3n) is 3.22. The molecule has 2 heterocycles. The van der Waals surface area contributed by atoms with E-state index in [9.17, 15) is 4.79 Å². The van der Waals surface area contributed by atoms with Crippen LogP contribution in [0.2, 0.25) is 0 Å². The number of aromatic nitrogens is 2. The maximum atomic E-state index is 12.0. The number of aryl methyl sites for hydroxylation is 1. The summed E-state index contributed by atoms with van der Waals surface area (Å²) in [6.07, 6.45) is 4.99. The minimum atomic E-state index is 0.0207. The highest BCUT2D eigenvalue weighted by atomic mass is 16.5. The topological polar surface area (TPSA) is 55.3 Å². The van der Waals surface area contributed by atoms with Crippen molar-refractivity contribution < 1.29 is 9.53 Å². The van der Waals surface area contributed by atoms with Gasteiger partial charge in [-0.15, -0.1) is 0 Å². The Hall–Kier alpha value is -1.65. The molecule has 1 aromatic heterocycles. The Kier molecular flexibility index (Phi) is 4.12. The Balaban J connectivity index is 1.88. The Bertz CT molecular complexity index is 422. The third kappa shape index (κ3) is 3.18. The average Bonchev–Trinajstić information content (AvgIpc) is 2.37. The van der Waals surface area contributed by atoms with Crippen LogP contribution in [0.3, 0.4) is 0 Å². The van der Waals surface area contributed by atoms with Crippen molar-refractivity contribution in [3.63, 3.8) is 0 Å². The van der Waals surface area contributed by atoms with Crippen LogP contribution in [0, 0.1) is 6.92 Å². The van der Waals surface area contributed by atoms with Gasteiger partial charge < -0.3 is 9.64 Å². The van der Waals surface area contributed by atoms with Crippen LogP contribution in [0.25, 0.3) is 0 Å². The molecule has 1 amide bonds. The molecule has 1 saturated heterocycles. The van der Waals surface area contributed by atoms with Gasteiger partial charge in [0.2, 0.25) is 0 Å². The van der Waals surface area contributed by atoms with Gasteiger partial charge in [-0.05, 0) is 39.2 Å². The van der Waals surface area contributed by atoms with Gasteiger partial charge in [0.25, 0.3) is 5.91 Å². The first-order chi connectivity index (χ1) is 8.66. The average molecular weight is 249 g/mol. The first-order valence-electron chi connectivity index (χ1n) is 6.39. The molecule has 5 heteroatoms. The Morgan fingerprint density at radius 2 is 2.39 bits per heavy atom. The van der Waals surface area contributed by atoms with Crippen molar-refractivity contribution in [1.29, 1.82) is 0 Å². The molecule has 1 aliphatic rings. The van der Waals surface area contributed by atoms with Gasteiger partial charge >= 0.3 is 6.01 Å². The normalized spacial score (nSPS) is 19.7. The van der Waals surface area contributed by atoms with E-state index in [0.29, 0.717) is 6.04 Å². The summed E-state index contributed by atoms with van der Waals surface area (Å²) in [4.78, 5) is 22.0. The van der Waals surface area contributed by atoms with Crippen molar-refractivity contribution in [2.45, 2.75) is 39.2 Å². The Labute approximate surface area is 107 Å². The summed E-state index contributed by atoms with van der Waals surface area (Å²) in [6.45, 7) is 4.80. The van der Waals surface area contributed by atoms with Crippen molar-refractivity contribution in [1.82, 2.24) is 14.9 Å². The molecular formula is C13H19N3O2. The van der Waals surface area contributed by atoms with E-state index >= 15 is 0 Å². The summed E-state index contributed by atoms with van der Waals surface area (Å²) in [5.74, 6) is 0.0207. The van der Waals surface area contributed by atoms with E-state index in [1.165, 1.54) is 6.42 Å². The van der Waals surface area contributed by atoms with Crippen molar-refractivity contribution in [3.05, 3.63) is 18.0 Å². The Morgan fingerprint density at radius 1 is 1.56 bits per heavy atom. The lowest BCUT2D eigenvalue weighted by atomic mass is 10.0. The minimum absolute atomic E-state index is 0.0207. The monoisotopic (exact) mass is 249 g/mol. The number of likely N-dealkylation sites (tertiary alicyclic amines) is 1. The molecule has 18 heavy (non-hydrogen) atoms. The molecular weight excluding hydrogens is 230 g/mol. The first kappa shape index (κ1) is 12.8. The number of piperidine rings is 1. The number of rotatable bonds is 3. The number of nitrogens with zero attached hydrogens (tertiary/aromatic N) is 3. The molecule has 0 bridgehead atoms. The van der Waals surface area contributed by atoms with E-state index in [1.54, 1.807) is 12.3 Å². The highest BCUT2D eigenvalue weighted by Gasteiger charge is 2.23. The van der Waals surface area contributed by atoms with Crippen molar-refractivity contribution in [2.75, 3.05) is 13.2 Å². The summed E-state index contributed by atoms with van der Waals surface area (Å²) in [6, 6.07) is 2.38. The second kappa shape index (κ2) is 5.80. The van der Waals surface area contributed by atoms with Crippen LogP contribution in [0.4, 0.5) is 0 Å². The Morgan fingerprint density at radius 3 is 3.11 bits per heavy atom. The summed E-state index contributed by atoms with van der Waals surface area (Å²) in [5.41, 5.74) is 0.832. The van der Waals surface area contributed by atoms with Crippen LogP contribution in [0.1, 0.15) is 31.9 Å². The van der Waals surface area contributed by atoms with E-state index in [4.69, 9.17) is 4.74 Å². The smallest absolute Gasteiger partial charge is 0.317 e. The largest absolute Gasteiger partial charge is 0.453 e. The van der Waals surface area contributed by atoms with Gasteiger partial charge in [-0.25, -0.2) is 9.97 Å². The third-order valence-corrected chi connectivity index (χ3v) is 3.22. The molecule has 2 rings (SSSR count). The van der Waals surface area contributed by atoms with Crippen molar-refractivity contribution >= 4 is 5.91 Å². The van der Waals surface area contributed by atoms with Gasteiger partial charge in [-0.3, -0.25) is 4.79 Å². The zero-order valence-electron chi connectivity index (χ0n) is 10.9. The molecule has 0 saturated carbocycles. The zero-order chi connectivity index (χ0) is 13.0. The van der Waals surface area contributed by atoms with Crippen LogP contribution in [0.15, 0.2) is 12.3 Å². The highest BCUT2D eigenvalue weighted by Crippen LogP contribution is 2.16. The molecule has 0 aliphatic carbocycles. The maximum Gasteiger partial charge on any atom is 0.317 e. The molecule has 0 unspecified atom stereocenters. The summed E-state index contributed by atoms with van der Waals surface area (Å²) < 4.78 is 5.34. The van der Waals surface area contributed by atoms with Gasteiger partial charge in [-0.1, -0.05) is 0 Å². The fourth-order valence-electron chi connectivity index (χ4n) is 2.17. The van der Waals surface area contributed by atoms with Crippen LogP contribution in [0.5, 0.6) is 6.01 Å². The predicted molar refractivity (Wildman–Crippen MR) is 67.3 cm³/mol. The molecule has 0 radical (unpaired) electrons. The van der Waals surface area contributed by atoms with Crippen molar-refractivity contribution in [3.8, 4) is 6.01 Å². The SMILES string of the molecule is Cc1ccnc(OCC(=O)N2CCCC[C@@H]2C)n1. The van der Waals surface area contributed by atoms with Crippen LogP contribution in [-0.2, 0) is 4.79 Å². The van der Waals surface area contributed by atoms with Gasteiger partial charge in [-0.2, -0.15) is 0 Å². The fourth-order valence-corrected chi connectivity index (χ4v) is 2.17. The molecule has 0 N–H and O–H groups in total. The van der Waals surface area contributed by atoms with Gasteiger partial charge in [0.15, 0.2) is 6.61 Å². The van der Waals surface area contributed by atoms with Gasteiger partial charge in [0.05, 0.1) is 0 Å². The lowest BCUT2D eigenvalue weighted by molar-refractivity contribution is -0.136. The molecule has 5 nitrogen and oxygen atoms in total. The lowest BCUT2D eigenvalue weighted by Gasteiger charge is -2.33. The quantitative estimate of drug-likeness (QED) is 0.816. The number of carbonyl (C=O) groups excluding carboxylic acids is 1. The van der Waals surface area contributed by atoms with Crippen LogP contribution >= 0.6 is 0 Å². The van der Waals surface area contributed by atoms with E-state index in [0.717, 1.165) is 25.1 Å². The highest BCUT2D eigenvalue weighted by molar-refractivity contribution is 5.78. The maximum absolute atomic E-state index is 12.0. The predicted octanol–water partition coefficient (Wildman–Crippen LogP) is 1.56. The van der Waals surface area contributed by atoms with E-state index in [2.05, 4.69) is 16.9 Å². The molecule has 1 fully saturated rings. The van der Waals surface area contributed by atoms with E-state index in [1.807, 2.05) is 11.8 Å². The summed E-state index contributed by atoms with van der Waals surface area (Å²) in [7, 11) is 0. The fraction of sp³-hybridized carbons (Fsp3) is 0.615. The molecule has 1 aromatic rings. The van der Waals surface area contributed by atoms with Crippen LogP contribution < -0.4 is 4.74 Å². The number of carbonyl (C=O) groups is 1. The second-order valence-electron chi connectivity index (χ2n) is 4.70. The molecule has 1 aliphatic heterocycles. The molecule has 1 atom stereocenters. The number of hydrogen-bond acceptors (Lipinski definition) is 4. The molecule has 0 aromatic carbocycles. The van der Waals surface area contributed by atoms with Crippen molar-refractivity contribution in [2.24, 2.45) is 0 Å². The summed E-state index contributed by atoms with van der Waals surface area (Å²) >= 11 is 0. The molecule has 0 spiro atoms. The second-order valence-corrected chi connectivity index (χ2v) is 4.70. The lowest BCUT2D eigenvalue weighted by Crippen LogP contribution is -2.44. The zero-order valence-corrected chi connectivity index (χ0v) is 10.9. The van der Waals surface area contributed by atoms with E-state index in [-0.39, 0.29) is 18.5 Å².